The predicted octanol–water partition coefficient (Wildman–Crippen LogP) is 5.60. The minimum atomic E-state index is -0.203. The lowest BCUT2D eigenvalue weighted by Gasteiger charge is -2.14. The summed E-state index contributed by atoms with van der Waals surface area (Å²) in [6, 6.07) is 0. The topological polar surface area (TPSA) is 40.5 Å². The first-order valence-corrected chi connectivity index (χ1v) is 9.56. The van der Waals surface area contributed by atoms with Crippen LogP contribution < -0.4 is 0 Å². The van der Waals surface area contributed by atoms with Gasteiger partial charge in [0.05, 0.1) is 12.2 Å². The zero-order valence-corrected chi connectivity index (χ0v) is 14.7. The Bertz CT molecular complexity index is 194. The van der Waals surface area contributed by atoms with Crippen molar-refractivity contribution in [3.05, 3.63) is 0 Å². The Morgan fingerprint density at radius 2 is 0.810 bits per heavy atom. The van der Waals surface area contributed by atoms with E-state index in [1.807, 2.05) is 0 Å². The number of rotatable bonds is 16. The van der Waals surface area contributed by atoms with Gasteiger partial charge in [0.15, 0.2) is 0 Å². The van der Waals surface area contributed by atoms with Crippen LogP contribution in [-0.4, -0.2) is 22.4 Å². The first-order chi connectivity index (χ1) is 10.2. The van der Waals surface area contributed by atoms with Crippen molar-refractivity contribution < 1.29 is 10.2 Å². The molecule has 0 amide bonds. The van der Waals surface area contributed by atoms with Crippen molar-refractivity contribution in [2.45, 2.75) is 122 Å². The van der Waals surface area contributed by atoms with Crippen LogP contribution in [0.25, 0.3) is 0 Å². The van der Waals surface area contributed by atoms with Crippen LogP contribution in [0.2, 0.25) is 0 Å². The summed E-state index contributed by atoms with van der Waals surface area (Å²) in [6.07, 6.45) is 16.9. The lowest BCUT2D eigenvalue weighted by molar-refractivity contribution is 0.101. The quantitative estimate of drug-likeness (QED) is 0.364. The Morgan fingerprint density at radius 1 is 0.476 bits per heavy atom. The molecule has 0 rings (SSSR count). The van der Waals surface area contributed by atoms with Crippen molar-refractivity contribution in [2.75, 3.05) is 0 Å². The molecule has 0 fully saturated rings. The van der Waals surface area contributed by atoms with Gasteiger partial charge in [0, 0.05) is 0 Å². The van der Waals surface area contributed by atoms with Crippen LogP contribution in [0.5, 0.6) is 0 Å². The summed E-state index contributed by atoms with van der Waals surface area (Å²) in [4.78, 5) is 0. The fourth-order valence-corrected chi connectivity index (χ4v) is 2.82. The zero-order chi connectivity index (χ0) is 15.8. The van der Waals surface area contributed by atoms with Gasteiger partial charge in [-0.2, -0.15) is 0 Å². The molecule has 21 heavy (non-hydrogen) atoms. The van der Waals surface area contributed by atoms with Gasteiger partial charge in [-0.25, -0.2) is 0 Å². The second-order valence-corrected chi connectivity index (χ2v) is 6.64. The van der Waals surface area contributed by atoms with Crippen LogP contribution in [0, 0.1) is 0 Å². The number of hydrogen-bond donors (Lipinski definition) is 2. The monoisotopic (exact) mass is 300 g/mol. The molecule has 0 aliphatic carbocycles. The highest BCUT2D eigenvalue weighted by Crippen LogP contribution is 2.15. The van der Waals surface area contributed by atoms with Gasteiger partial charge in [0.1, 0.15) is 0 Å². The van der Waals surface area contributed by atoms with Crippen LogP contribution in [-0.2, 0) is 0 Å². The fraction of sp³-hybridized carbons (Fsp3) is 1.00. The van der Waals surface area contributed by atoms with Crippen LogP contribution in [0.1, 0.15) is 110 Å². The molecular weight excluding hydrogens is 260 g/mol. The van der Waals surface area contributed by atoms with Gasteiger partial charge in [-0.1, -0.05) is 84.5 Å². The molecule has 0 spiro atoms. The molecule has 0 heterocycles. The Kier molecular flexibility index (Phi) is 16.2. The summed E-state index contributed by atoms with van der Waals surface area (Å²) in [5, 5.41) is 19.8. The molecule has 0 aromatic carbocycles. The molecule has 0 bridgehead atoms. The summed E-state index contributed by atoms with van der Waals surface area (Å²) in [7, 11) is 0. The number of hydrogen-bond acceptors (Lipinski definition) is 2. The smallest absolute Gasteiger partial charge is 0.0541 e. The number of aliphatic hydroxyl groups is 2. The van der Waals surface area contributed by atoms with E-state index in [0.717, 1.165) is 38.5 Å². The van der Waals surface area contributed by atoms with E-state index >= 15 is 0 Å². The predicted molar refractivity (Wildman–Crippen MR) is 92.6 cm³/mol. The maximum Gasteiger partial charge on any atom is 0.0541 e. The molecule has 2 atom stereocenters. The summed E-state index contributed by atoms with van der Waals surface area (Å²) in [6.45, 7) is 4.46. The summed E-state index contributed by atoms with van der Waals surface area (Å²) < 4.78 is 0. The first-order valence-electron chi connectivity index (χ1n) is 9.56. The highest BCUT2D eigenvalue weighted by Gasteiger charge is 2.09. The third-order valence-electron chi connectivity index (χ3n) is 4.36. The van der Waals surface area contributed by atoms with Gasteiger partial charge in [-0.05, 0) is 25.7 Å². The summed E-state index contributed by atoms with van der Waals surface area (Å²) in [5.41, 5.74) is 0. The normalized spacial score (nSPS) is 14.3. The Morgan fingerprint density at radius 3 is 1.19 bits per heavy atom. The number of unbranched alkanes of at least 4 members (excludes halogenated alkanes) is 9. The molecule has 2 nitrogen and oxygen atoms in total. The Balaban J connectivity index is 3.32. The van der Waals surface area contributed by atoms with Crippen molar-refractivity contribution in [1.29, 1.82) is 0 Å². The van der Waals surface area contributed by atoms with E-state index in [-0.39, 0.29) is 12.2 Å². The molecule has 0 saturated carbocycles. The van der Waals surface area contributed by atoms with Crippen LogP contribution >= 0.6 is 0 Å². The highest BCUT2D eigenvalue weighted by molar-refractivity contribution is 4.62. The fourth-order valence-electron chi connectivity index (χ4n) is 2.82. The van der Waals surface area contributed by atoms with E-state index < -0.39 is 0 Å². The van der Waals surface area contributed by atoms with Gasteiger partial charge in [-0.3, -0.25) is 0 Å². The van der Waals surface area contributed by atoms with Crippen molar-refractivity contribution >= 4 is 0 Å². The average molecular weight is 301 g/mol. The van der Waals surface area contributed by atoms with Crippen LogP contribution in [0.3, 0.4) is 0 Å². The second-order valence-electron chi connectivity index (χ2n) is 6.64. The van der Waals surface area contributed by atoms with E-state index in [0.29, 0.717) is 0 Å². The maximum atomic E-state index is 9.93. The summed E-state index contributed by atoms with van der Waals surface area (Å²) in [5.74, 6) is 0. The zero-order valence-electron chi connectivity index (χ0n) is 14.7. The molecular formula is C19H40O2. The van der Waals surface area contributed by atoms with Crippen LogP contribution in [0.15, 0.2) is 0 Å². The minimum absolute atomic E-state index is 0.203. The highest BCUT2D eigenvalue weighted by atomic mass is 16.3. The molecule has 0 aromatic heterocycles. The molecule has 128 valence electrons. The van der Waals surface area contributed by atoms with Gasteiger partial charge in [0.25, 0.3) is 0 Å². The van der Waals surface area contributed by atoms with Crippen molar-refractivity contribution in [3.63, 3.8) is 0 Å². The largest absolute Gasteiger partial charge is 0.393 e. The van der Waals surface area contributed by atoms with Crippen molar-refractivity contribution in [3.8, 4) is 0 Å². The van der Waals surface area contributed by atoms with Crippen molar-refractivity contribution in [1.82, 2.24) is 0 Å². The van der Waals surface area contributed by atoms with E-state index in [1.54, 1.807) is 0 Å². The van der Waals surface area contributed by atoms with Gasteiger partial charge in [0.2, 0.25) is 0 Å². The van der Waals surface area contributed by atoms with Gasteiger partial charge >= 0.3 is 0 Å². The number of aliphatic hydroxyl groups excluding tert-OH is 2. The Hall–Kier alpha value is -0.0800. The minimum Gasteiger partial charge on any atom is -0.393 e. The average Bonchev–Trinajstić information content (AvgIpc) is 2.48. The Labute approximate surface area is 133 Å². The van der Waals surface area contributed by atoms with Gasteiger partial charge < -0.3 is 10.2 Å². The standard InChI is InChI=1S/C19H40O2/c1-3-5-7-9-11-13-15-19(21)17-16-18(20)14-12-10-8-6-4-2/h18-21H,3-17H2,1-2H3. The molecule has 2 N–H and O–H groups in total. The molecule has 2 unspecified atom stereocenters. The molecule has 0 saturated heterocycles. The molecule has 0 radical (unpaired) electrons. The van der Waals surface area contributed by atoms with E-state index in [1.165, 1.54) is 57.8 Å². The van der Waals surface area contributed by atoms with E-state index in [2.05, 4.69) is 13.8 Å². The lowest BCUT2D eigenvalue weighted by atomic mass is 10.0. The third-order valence-corrected chi connectivity index (χ3v) is 4.36. The molecule has 0 aromatic rings. The third kappa shape index (κ3) is 16.1. The van der Waals surface area contributed by atoms with Crippen molar-refractivity contribution in [2.24, 2.45) is 0 Å². The first kappa shape index (κ1) is 20.9. The molecule has 2 heteroatoms. The maximum absolute atomic E-state index is 9.93. The molecule has 0 aliphatic heterocycles. The molecule has 0 aliphatic rings. The lowest BCUT2D eigenvalue weighted by Crippen LogP contribution is -2.13. The van der Waals surface area contributed by atoms with Crippen LogP contribution in [0.4, 0.5) is 0 Å². The van der Waals surface area contributed by atoms with E-state index in [4.69, 9.17) is 0 Å². The summed E-state index contributed by atoms with van der Waals surface area (Å²) >= 11 is 0. The van der Waals surface area contributed by atoms with Gasteiger partial charge in [-0.15, -0.1) is 0 Å². The SMILES string of the molecule is CCCCCCCCC(O)CCC(O)CCCCCCC. The van der Waals surface area contributed by atoms with E-state index in [9.17, 15) is 10.2 Å². The second kappa shape index (κ2) is 16.3.